The third-order valence-corrected chi connectivity index (χ3v) is 2.77. The molecule has 0 unspecified atom stereocenters. The Kier molecular flexibility index (Phi) is 5.55. The SMILES string of the molecule is CC/C(N)=N/OCC(=O)Nc1ccc(C(C)(C)C)cc1. The van der Waals surface area contributed by atoms with Gasteiger partial charge in [-0.3, -0.25) is 4.79 Å². The largest absolute Gasteiger partial charge is 0.384 e. The normalized spacial score (nSPS) is 12.1. The lowest BCUT2D eigenvalue weighted by Crippen LogP contribution is -2.19. The number of amides is 1. The maximum Gasteiger partial charge on any atom is 0.265 e. The lowest BCUT2D eigenvalue weighted by Gasteiger charge is -2.19. The first kappa shape index (κ1) is 16.0. The van der Waals surface area contributed by atoms with Crippen LogP contribution >= 0.6 is 0 Å². The molecule has 0 aliphatic heterocycles. The summed E-state index contributed by atoms with van der Waals surface area (Å²) in [6, 6.07) is 7.76. The summed E-state index contributed by atoms with van der Waals surface area (Å²) in [7, 11) is 0. The van der Waals surface area contributed by atoms with Gasteiger partial charge in [-0.05, 0) is 23.1 Å². The maximum absolute atomic E-state index is 11.6. The molecule has 1 amide bonds. The second-order valence-corrected chi connectivity index (χ2v) is 5.59. The molecule has 0 spiro atoms. The number of nitrogens with zero attached hydrogens (tertiary/aromatic N) is 1. The van der Waals surface area contributed by atoms with E-state index in [9.17, 15) is 4.79 Å². The van der Waals surface area contributed by atoms with Crippen LogP contribution in [0.1, 0.15) is 39.7 Å². The van der Waals surface area contributed by atoms with Crippen LogP contribution in [0, 0.1) is 0 Å². The zero-order valence-electron chi connectivity index (χ0n) is 12.6. The Morgan fingerprint density at radius 3 is 2.40 bits per heavy atom. The second-order valence-electron chi connectivity index (χ2n) is 5.59. The Hall–Kier alpha value is -2.04. The molecule has 0 saturated heterocycles. The third kappa shape index (κ3) is 5.30. The van der Waals surface area contributed by atoms with Gasteiger partial charge >= 0.3 is 0 Å². The van der Waals surface area contributed by atoms with E-state index in [2.05, 4.69) is 31.2 Å². The maximum atomic E-state index is 11.6. The Balaban J connectivity index is 2.51. The van der Waals surface area contributed by atoms with Crippen LogP contribution in [0.5, 0.6) is 0 Å². The van der Waals surface area contributed by atoms with E-state index in [0.717, 1.165) is 5.69 Å². The number of nitrogens with one attached hydrogen (secondary N) is 1. The number of hydrogen-bond donors (Lipinski definition) is 2. The molecule has 0 aromatic heterocycles. The van der Waals surface area contributed by atoms with Gasteiger partial charge in [0.2, 0.25) is 0 Å². The number of anilines is 1. The van der Waals surface area contributed by atoms with Gasteiger partial charge in [0.15, 0.2) is 6.61 Å². The Morgan fingerprint density at radius 2 is 1.90 bits per heavy atom. The predicted octanol–water partition coefficient (Wildman–Crippen LogP) is 2.62. The van der Waals surface area contributed by atoms with Gasteiger partial charge in [-0.1, -0.05) is 45.0 Å². The van der Waals surface area contributed by atoms with Crippen molar-refractivity contribution in [1.82, 2.24) is 0 Å². The predicted molar refractivity (Wildman–Crippen MR) is 81.6 cm³/mol. The van der Waals surface area contributed by atoms with Crippen molar-refractivity contribution < 1.29 is 9.63 Å². The zero-order valence-corrected chi connectivity index (χ0v) is 12.6. The van der Waals surface area contributed by atoms with Crippen molar-refractivity contribution >= 4 is 17.4 Å². The van der Waals surface area contributed by atoms with E-state index >= 15 is 0 Å². The molecule has 0 bridgehead atoms. The van der Waals surface area contributed by atoms with Crippen LogP contribution in [-0.4, -0.2) is 18.3 Å². The van der Waals surface area contributed by atoms with Crippen LogP contribution in [0.2, 0.25) is 0 Å². The molecule has 0 fully saturated rings. The van der Waals surface area contributed by atoms with Crippen molar-refractivity contribution in [2.24, 2.45) is 10.9 Å². The van der Waals surface area contributed by atoms with Crippen LogP contribution in [-0.2, 0) is 15.0 Å². The molecule has 1 rings (SSSR count). The molecule has 1 aromatic rings. The van der Waals surface area contributed by atoms with Crippen molar-refractivity contribution in [2.75, 3.05) is 11.9 Å². The van der Waals surface area contributed by atoms with Crippen LogP contribution in [0.25, 0.3) is 0 Å². The molecule has 0 aliphatic carbocycles. The van der Waals surface area contributed by atoms with Gasteiger partial charge in [-0.25, -0.2) is 0 Å². The molecule has 0 aliphatic rings. The fourth-order valence-corrected chi connectivity index (χ4v) is 1.49. The molecule has 1 aromatic carbocycles. The number of nitrogens with two attached hydrogens (primary N) is 1. The van der Waals surface area contributed by atoms with Crippen LogP contribution in [0.15, 0.2) is 29.4 Å². The molecular weight excluding hydrogens is 254 g/mol. The fraction of sp³-hybridized carbons (Fsp3) is 0.467. The molecular formula is C15H23N3O2. The third-order valence-electron chi connectivity index (χ3n) is 2.77. The van der Waals surface area contributed by atoms with E-state index in [0.29, 0.717) is 12.3 Å². The van der Waals surface area contributed by atoms with E-state index in [4.69, 9.17) is 10.6 Å². The Bertz CT molecular complexity index is 473. The number of carbonyl (C=O) groups is 1. The number of carbonyl (C=O) groups excluding carboxylic acids is 1. The first-order chi connectivity index (χ1) is 9.32. The molecule has 5 nitrogen and oxygen atoms in total. The minimum atomic E-state index is -0.263. The van der Waals surface area contributed by atoms with Gasteiger partial charge in [0.25, 0.3) is 5.91 Å². The summed E-state index contributed by atoms with van der Waals surface area (Å²) in [5.74, 6) is 0.105. The van der Waals surface area contributed by atoms with E-state index in [-0.39, 0.29) is 17.9 Å². The number of hydrogen-bond acceptors (Lipinski definition) is 3. The monoisotopic (exact) mass is 277 g/mol. The van der Waals surface area contributed by atoms with Gasteiger partial charge < -0.3 is 15.9 Å². The van der Waals surface area contributed by atoms with E-state index in [1.165, 1.54) is 5.56 Å². The van der Waals surface area contributed by atoms with Crippen molar-refractivity contribution in [3.05, 3.63) is 29.8 Å². The zero-order chi connectivity index (χ0) is 15.2. The fourth-order valence-electron chi connectivity index (χ4n) is 1.49. The Morgan fingerprint density at radius 1 is 1.30 bits per heavy atom. The summed E-state index contributed by atoms with van der Waals surface area (Å²) < 4.78 is 0. The molecule has 0 heterocycles. The highest BCUT2D eigenvalue weighted by atomic mass is 16.6. The van der Waals surface area contributed by atoms with E-state index in [1.807, 2.05) is 31.2 Å². The van der Waals surface area contributed by atoms with Crippen LogP contribution < -0.4 is 11.1 Å². The lowest BCUT2D eigenvalue weighted by molar-refractivity contribution is -0.120. The molecule has 20 heavy (non-hydrogen) atoms. The van der Waals surface area contributed by atoms with Gasteiger partial charge in [0.1, 0.15) is 5.84 Å². The highest BCUT2D eigenvalue weighted by Gasteiger charge is 2.13. The number of amidine groups is 1. The molecule has 110 valence electrons. The molecule has 3 N–H and O–H groups in total. The summed E-state index contributed by atoms with van der Waals surface area (Å²) in [6.45, 7) is 8.14. The number of benzene rings is 1. The molecule has 5 heteroatoms. The van der Waals surface area contributed by atoms with Crippen molar-refractivity contribution in [3.63, 3.8) is 0 Å². The minimum Gasteiger partial charge on any atom is -0.384 e. The van der Waals surface area contributed by atoms with E-state index < -0.39 is 0 Å². The summed E-state index contributed by atoms with van der Waals surface area (Å²) in [5.41, 5.74) is 7.51. The van der Waals surface area contributed by atoms with Crippen molar-refractivity contribution in [2.45, 2.75) is 39.5 Å². The molecule has 0 radical (unpaired) electrons. The van der Waals surface area contributed by atoms with Gasteiger partial charge in [0.05, 0.1) is 0 Å². The van der Waals surface area contributed by atoms with Gasteiger partial charge in [-0.15, -0.1) is 0 Å². The smallest absolute Gasteiger partial charge is 0.265 e. The first-order valence-corrected chi connectivity index (χ1v) is 6.67. The van der Waals surface area contributed by atoms with Crippen LogP contribution in [0.3, 0.4) is 0 Å². The average Bonchev–Trinajstić information content (AvgIpc) is 2.38. The summed E-state index contributed by atoms with van der Waals surface area (Å²) in [5, 5.41) is 6.34. The quantitative estimate of drug-likeness (QED) is 0.493. The number of oxime groups is 1. The summed E-state index contributed by atoms with van der Waals surface area (Å²) in [6.07, 6.45) is 0.593. The van der Waals surface area contributed by atoms with Gasteiger partial charge in [0, 0.05) is 12.1 Å². The lowest BCUT2D eigenvalue weighted by atomic mass is 9.87. The number of rotatable bonds is 5. The summed E-state index contributed by atoms with van der Waals surface area (Å²) >= 11 is 0. The van der Waals surface area contributed by atoms with E-state index in [1.54, 1.807) is 0 Å². The summed E-state index contributed by atoms with van der Waals surface area (Å²) in [4.78, 5) is 16.5. The highest BCUT2D eigenvalue weighted by molar-refractivity contribution is 5.91. The van der Waals surface area contributed by atoms with Crippen LogP contribution in [0.4, 0.5) is 5.69 Å². The second kappa shape index (κ2) is 6.93. The van der Waals surface area contributed by atoms with Gasteiger partial charge in [-0.2, -0.15) is 0 Å². The molecule has 0 atom stereocenters. The topological polar surface area (TPSA) is 76.7 Å². The van der Waals surface area contributed by atoms with Crippen molar-refractivity contribution in [3.8, 4) is 0 Å². The molecule has 0 saturated carbocycles. The minimum absolute atomic E-state index is 0.0953. The standard InChI is InChI=1S/C15H23N3O2/c1-5-13(16)18-20-10-14(19)17-12-8-6-11(7-9-12)15(2,3)4/h6-9H,5,10H2,1-4H3,(H2,16,18)(H,17,19). The first-order valence-electron chi connectivity index (χ1n) is 6.67. The van der Waals surface area contributed by atoms with Crippen molar-refractivity contribution in [1.29, 1.82) is 0 Å². The Labute approximate surface area is 120 Å². The average molecular weight is 277 g/mol. The highest BCUT2D eigenvalue weighted by Crippen LogP contribution is 2.23.